The number of carbonyl (C=O) groups excluding carboxylic acids is 2. The van der Waals surface area contributed by atoms with Crippen LogP contribution in [0.4, 0.5) is 18.9 Å². The molecule has 0 radical (unpaired) electrons. The normalized spacial score (nSPS) is 16.0. The van der Waals surface area contributed by atoms with Crippen molar-refractivity contribution in [3.05, 3.63) is 53.1 Å². The van der Waals surface area contributed by atoms with Gasteiger partial charge in [0.2, 0.25) is 11.8 Å². The lowest BCUT2D eigenvalue weighted by Gasteiger charge is -2.23. The van der Waals surface area contributed by atoms with Gasteiger partial charge in [0.25, 0.3) is 0 Å². The van der Waals surface area contributed by atoms with Gasteiger partial charge in [0.05, 0.1) is 10.9 Å². The number of hydrogen-bond acceptors (Lipinski definition) is 4. The van der Waals surface area contributed by atoms with Crippen molar-refractivity contribution in [2.24, 2.45) is 0 Å². The zero-order valence-corrected chi connectivity index (χ0v) is 16.5. The number of rotatable bonds is 6. The van der Waals surface area contributed by atoms with Crippen LogP contribution in [0.3, 0.4) is 0 Å². The molecule has 5 nitrogen and oxygen atoms in total. The second-order valence-electron chi connectivity index (χ2n) is 6.26. The molecule has 3 rings (SSSR count). The van der Waals surface area contributed by atoms with Gasteiger partial charge >= 0.3 is 6.18 Å². The molecule has 0 aromatic heterocycles. The molecule has 1 aliphatic rings. The van der Waals surface area contributed by atoms with Gasteiger partial charge in [-0.2, -0.15) is 13.2 Å². The van der Waals surface area contributed by atoms with Crippen LogP contribution in [0.25, 0.3) is 0 Å². The fraction of sp³-hybridized carbons (Fsp3) is 0.263. The van der Waals surface area contributed by atoms with Crippen LogP contribution < -0.4 is 15.4 Å². The number of anilines is 1. The van der Waals surface area contributed by atoms with Crippen molar-refractivity contribution in [2.75, 3.05) is 11.9 Å². The van der Waals surface area contributed by atoms with Gasteiger partial charge in [0, 0.05) is 22.9 Å². The van der Waals surface area contributed by atoms with Crippen molar-refractivity contribution in [1.82, 2.24) is 5.32 Å². The Balaban J connectivity index is 1.48. The minimum absolute atomic E-state index is 0.00859. The Labute approximate surface area is 173 Å². The summed E-state index contributed by atoms with van der Waals surface area (Å²) in [4.78, 5) is 25.2. The molecule has 154 valence electrons. The predicted octanol–water partition coefficient (Wildman–Crippen LogP) is 4.40. The zero-order valence-electron chi connectivity index (χ0n) is 14.9. The predicted molar refractivity (Wildman–Crippen MR) is 104 cm³/mol. The summed E-state index contributed by atoms with van der Waals surface area (Å²) in [5.74, 6) is -0.495. The van der Waals surface area contributed by atoms with E-state index in [-0.39, 0.29) is 30.5 Å². The molecule has 2 amide bonds. The van der Waals surface area contributed by atoms with E-state index >= 15 is 0 Å². The van der Waals surface area contributed by atoms with Crippen molar-refractivity contribution < 1.29 is 27.5 Å². The molecule has 29 heavy (non-hydrogen) atoms. The molecule has 0 bridgehead atoms. The molecule has 2 N–H and O–H groups in total. The lowest BCUT2D eigenvalue weighted by atomic mass is 10.2. The molecule has 0 saturated carbocycles. The van der Waals surface area contributed by atoms with E-state index in [0.29, 0.717) is 16.3 Å². The maximum Gasteiger partial charge on any atom is 0.422 e. The highest BCUT2D eigenvalue weighted by Crippen LogP contribution is 2.38. The fourth-order valence-corrected chi connectivity index (χ4v) is 3.83. The third-order valence-corrected chi connectivity index (χ3v) is 5.46. The molecule has 0 aliphatic carbocycles. The number of thioether (sulfide) groups is 1. The zero-order chi connectivity index (χ0) is 21.0. The molecule has 0 saturated heterocycles. The van der Waals surface area contributed by atoms with Gasteiger partial charge < -0.3 is 15.4 Å². The van der Waals surface area contributed by atoms with E-state index in [1.165, 1.54) is 23.9 Å². The lowest BCUT2D eigenvalue weighted by Crippen LogP contribution is -2.34. The lowest BCUT2D eigenvalue weighted by molar-refractivity contribution is -0.153. The van der Waals surface area contributed by atoms with Crippen molar-refractivity contribution in [1.29, 1.82) is 0 Å². The summed E-state index contributed by atoms with van der Waals surface area (Å²) in [5.41, 5.74) is 1.32. The van der Waals surface area contributed by atoms with Crippen molar-refractivity contribution in [3.8, 4) is 5.75 Å². The van der Waals surface area contributed by atoms with Crippen LogP contribution in [0, 0.1) is 0 Å². The summed E-state index contributed by atoms with van der Waals surface area (Å²) in [6, 6.07) is 11.1. The van der Waals surface area contributed by atoms with Crippen LogP contribution in [0.5, 0.6) is 5.75 Å². The number of fused-ring (bicyclic) bond motifs is 1. The molecule has 1 heterocycles. The Morgan fingerprint density at radius 2 is 1.93 bits per heavy atom. The monoisotopic (exact) mass is 444 g/mol. The van der Waals surface area contributed by atoms with Gasteiger partial charge in [0.1, 0.15) is 5.75 Å². The molecule has 2 aromatic rings. The molecule has 10 heteroatoms. The van der Waals surface area contributed by atoms with Crippen LogP contribution in [-0.4, -0.2) is 29.8 Å². The second-order valence-corrected chi connectivity index (χ2v) is 7.95. The maximum absolute atomic E-state index is 12.2. The molecule has 0 fully saturated rings. The third-order valence-electron chi connectivity index (χ3n) is 3.95. The first kappa shape index (κ1) is 21.3. The van der Waals surface area contributed by atoms with Crippen LogP contribution in [-0.2, 0) is 16.1 Å². The van der Waals surface area contributed by atoms with Crippen LogP contribution in [0.1, 0.15) is 12.0 Å². The minimum Gasteiger partial charge on any atom is -0.484 e. The molecule has 1 aliphatic heterocycles. The van der Waals surface area contributed by atoms with Crippen LogP contribution in [0.15, 0.2) is 47.4 Å². The summed E-state index contributed by atoms with van der Waals surface area (Å²) in [5, 5.41) is 5.38. The fourth-order valence-electron chi connectivity index (χ4n) is 2.57. The number of carbonyl (C=O) groups is 2. The summed E-state index contributed by atoms with van der Waals surface area (Å²) in [7, 11) is 0. The van der Waals surface area contributed by atoms with Crippen molar-refractivity contribution in [3.63, 3.8) is 0 Å². The Hall–Kier alpha value is -2.39. The SMILES string of the molecule is O=C(CC1Sc2ccc(Cl)cc2NC1=O)NCc1ccc(OCC(F)(F)F)cc1. The number of halogens is 4. The molecule has 1 atom stereocenters. The number of ether oxygens (including phenoxy) is 1. The van der Waals surface area contributed by atoms with Crippen LogP contribution in [0.2, 0.25) is 5.02 Å². The van der Waals surface area contributed by atoms with Gasteiger partial charge in [-0.05, 0) is 35.9 Å². The number of hydrogen-bond donors (Lipinski definition) is 2. The Morgan fingerprint density at radius 3 is 2.62 bits per heavy atom. The van der Waals surface area contributed by atoms with E-state index < -0.39 is 18.0 Å². The smallest absolute Gasteiger partial charge is 0.422 e. The van der Waals surface area contributed by atoms with Gasteiger partial charge in [-0.3, -0.25) is 9.59 Å². The van der Waals surface area contributed by atoms with Gasteiger partial charge in [-0.1, -0.05) is 23.7 Å². The minimum atomic E-state index is -4.40. The van der Waals surface area contributed by atoms with E-state index in [0.717, 1.165) is 4.90 Å². The van der Waals surface area contributed by atoms with Crippen LogP contribution >= 0.6 is 23.4 Å². The van der Waals surface area contributed by atoms with Crippen molar-refractivity contribution in [2.45, 2.75) is 29.3 Å². The number of amides is 2. The summed E-state index contributed by atoms with van der Waals surface area (Å²) in [6.07, 6.45) is -4.41. The summed E-state index contributed by atoms with van der Waals surface area (Å²) < 4.78 is 41.1. The highest BCUT2D eigenvalue weighted by Gasteiger charge is 2.29. The molecular weight excluding hydrogens is 429 g/mol. The highest BCUT2D eigenvalue weighted by molar-refractivity contribution is 8.01. The summed E-state index contributed by atoms with van der Waals surface area (Å²) >= 11 is 7.20. The highest BCUT2D eigenvalue weighted by atomic mass is 35.5. The quantitative estimate of drug-likeness (QED) is 0.693. The van der Waals surface area contributed by atoms with E-state index in [2.05, 4.69) is 15.4 Å². The van der Waals surface area contributed by atoms with Gasteiger partial charge in [-0.25, -0.2) is 0 Å². The average Bonchev–Trinajstić information content (AvgIpc) is 2.66. The Bertz CT molecular complexity index is 907. The largest absolute Gasteiger partial charge is 0.484 e. The van der Waals surface area contributed by atoms with Gasteiger partial charge in [0.15, 0.2) is 6.61 Å². The first-order valence-electron chi connectivity index (χ1n) is 8.52. The van der Waals surface area contributed by atoms with E-state index in [9.17, 15) is 22.8 Å². The molecule has 0 spiro atoms. The Morgan fingerprint density at radius 1 is 1.21 bits per heavy atom. The Kier molecular flexibility index (Phi) is 6.59. The summed E-state index contributed by atoms with van der Waals surface area (Å²) in [6.45, 7) is -1.18. The first-order valence-corrected chi connectivity index (χ1v) is 9.77. The maximum atomic E-state index is 12.2. The average molecular weight is 445 g/mol. The molecule has 1 unspecified atom stereocenters. The molecule has 2 aromatic carbocycles. The molecular formula is C19H16ClF3N2O3S. The van der Waals surface area contributed by atoms with E-state index in [1.807, 2.05) is 0 Å². The number of alkyl halides is 3. The second kappa shape index (κ2) is 8.96. The standard InChI is InChI=1S/C19H16ClF3N2O3S/c20-12-3-6-15-14(7-12)25-18(27)16(29-15)8-17(26)24-9-11-1-4-13(5-2-11)28-10-19(21,22)23/h1-7,16H,8-10H2,(H,24,26)(H,25,27). The first-order chi connectivity index (χ1) is 13.7. The van der Waals surface area contributed by atoms with Gasteiger partial charge in [-0.15, -0.1) is 11.8 Å². The number of nitrogens with one attached hydrogen (secondary N) is 2. The number of benzene rings is 2. The van der Waals surface area contributed by atoms with Crippen molar-refractivity contribution >= 4 is 40.9 Å². The van der Waals surface area contributed by atoms with E-state index in [1.54, 1.807) is 30.3 Å². The van der Waals surface area contributed by atoms with E-state index in [4.69, 9.17) is 11.6 Å². The topological polar surface area (TPSA) is 67.4 Å². The third kappa shape index (κ3) is 6.30.